The maximum absolute atomic E-state index is 11.4. The Kier molecular flexibility index (Phi) is 3.05. The summed E-state index contributed by atoms with van der Waals surface area (Å²) in [6, 6.07) is 6.06. The highest BCUT2D eigenvalue weighted by molar-refractivity contribution is 5.99. The van der Waals surface area contributed by atoms with E-state index in [0.717, 1.165) is 41.0 Å². The number of amides is 1. The van der Waals surface area contributed by atoms with Crippen molar-refractivity contribution in [2.75, 3.05) is 18.9 Å². The molecule has 0 fully saturated rings. The fourth-order valence-corrected chi connectivity index (χ4v) is 2.40. The first-order valence-electron chi connectivity index (χ1n) is 6.38. The first-order valence-corrected chi connectivity index (χ1v) is 6.38. The van der Waals surface area contributed by atoms with Crippen molar-refractivity contribution in [2.24, 2.45) is 0 Å². The van der Waals surface area contributed by atoms with Gasteiger partial charge in [0.2, 0.25) is 5.91 Å². The van der Waals surface area contributed by atoms with Gasteiger partial charge in [0.25, 0.3) is 0 Å². The van der Waals surface area contributed by atoms with Gasteiger partial charge >= 0.3 is 0 Å². The summed E-state index contributed by atoms with van der Waals surface area (Å²) in [5.74, 6) is 0.0646. The molecule has 1 amide bonds. The second-order valence-corrected chi connectivity index (χ2v) is 4.71. The lowest BCUT2D eigenvalue weighted by Crippen LogP contribution is -2.11. The molecule has 3 rings (SSSR count). The van der Waals surface area contributed by atoms with Crippen LogP contribution in [0.4, 0.5) is 5.69 Å². The zero-order chi connectivity index (χ0) is 13.2. The Bertz CT molecular complexity index is 618. The summed E-state index contributed by atoms with van der Waals surface area (Å²) in [4.78, 5) is 11.4. The zero-order valence-electron chi connectivity index (χ0n) is 10.8. The molecule has 0 radical (unpaired) electrons. The number of anilines is 1. The largest absolute Gasteiger partial charge is 0.326 e. The Morgan fingerprint density at radius 2 is 2.32 bits per heavy atom. The van der Waals surface area contributed by atoms with Crippen molar-refractivity contribution >= 4 is 11.6 Å². The number of hydrogen-bond acceptors (Lipinski definition) is 3. The molecule has 0 saturated carbocycles. The molecular formula is C14H16N4O. The number of H-pyrrole nitrogens is 1. The van der Waals surface area contributed by atoms with Gasteiger partial charge in [-0.15, -0.1) is 0 Å². The topological polar surface area (TPSA) is 69.8 Å². The van der Waals surface area contributed by atoms with Crippen LogP contribution in [0.5, 0.6) is 0 Å². The van der Waals surface area contributed by atoms with Crippen LogP contribution in [-0.4, -0.2) is 29.7 Å². The number of nitrogens with one attached hydrogen (secondary N) is 3. The molecule has 2 aromatic rings. The predicted octanol–water partition coefficient (Wildman–Crippen LogP) is 1.33. The van der Waals surface area contributed by atoms with Crippen LogP contribution in [-0.2, 0) is 17.6 Å². The van der Waals surface area contributed by atoms with Gasteiger partial charge in [0, 0.05) is 29.9 Å². The maximum atomic E-state index is 11.4. The molecule has 3 N–H and O–H groups in total. The Morgan fingerprint density at radius 1 is 1.42 bits per heavy atom. The molecule has 1 aliphatic heterocycles. The molecule has 2 heterocycles. The number of nitrogens with zero attached hydrogens (tertiary/aromatic N) is 1. The number of hydrogen-bond donors (Lipinski definition) is 3. The monoisotopic (exact) mass is 256 g/mol. The van der Waals surface area contributed by atoms with E-state index in [-0.39, 0.29) is 5.91 Å². The number of aromatic nitrogens is 2. The van der Waals surface area contributed by atoms with E-state index >= 15 is 0 Å². The highest BCUT2D eigenvalue weighted by atomic mass is 16.1. The molecule has 0 aliphatic carbocycles. The molecule has 0 spiro atoms. The Labute approximate surface area is 111 Å². The van der Waals surface area contributed by atoms with Crippen molar-refractivity contribution in [2.45, 2.75) is 12.8 Å². The molecule has 19 heavy (non-hydrogen) atoms. The summed E-state index contributed by atoms with van der Waals surface area (Å²) in [5.41, 5.74) is 5.32. The van der Waals surface area contributed by atoms with Gasteiger partial charge in [0.1, 0.15) is 0 Å². The Morgan fingerprint density at radius 3 is 3.16 bits per heavy atom. The number of benzene rings is 1. The van der Waals surface area contributed by atoms with Crippen molar-refractivity contribution in [3.63, 3.8) is 0 Å². The Hall–Kier alpha value is -2.14. The molecule has 5 heteroatoms. The lowest BCUT2D eigenvalue weighted by atomic mass is 10.0. The molecule has 0 atom stereocenters. The Balaban J connectivity index is 1.93. The SMILES string of the molecule is CNCCc1[nH]ncc1-c1ccc2c(c1)CC(=O)N2. The van der Waals surface area contributed by atoms with Crippen molar-refractivity contribution in [3.8, 4) is 11.1 Å². The first kappa shape index (κ1) is 11.9. The van der Waals surface area contributed by atoms with Crippen LogP contribution in [0.25, 0.3) is 11.1 Å². The van der Waals surface area contributed by atoms with Gasteiger partial charge < -0.3 is 10.6 Å². The van der Waals surface area contributed by atoms with E-state index in [1.54, 1.807) is 0 Å². The van der Waals surface area contributed by atoms with Crippen LogP contribution in [0.3, 0.4) is 0 Å². The van der Waals surface area contributed by atoms with Crippen molar-refractivity contribution in [1.29, 1.82) is 0 Å². The summed E-state index contributed by atoms with van der Waals surface area (Å²) >= 11 is 0. The highest BCUT2D eigenvalue weighted by Crippen LogP contribution is 2.30. The predicted molar refractivity (Wildman–Crippen MR) is 74.0 cm³/mol. The third-order valence-electron chi connectivity index (χ3n) is 3.38. The average molecular weight is 256 g/mol. The van der Waals surface area contributed by atoms with E-state index in [9.17, 15) is 4.79 Å². The molecule has 1 aromatic heterocycles. The van der Waals surface area contributed by atoms with Gasteiger partial charge in [0.15, 0.2) is 0 Å². The second kappa shape index (κ2) is 4.85. The fourth-order valence-electron chi connectivity index (χ4n) is 2.40. The van der Waals surface area contributed by atoms with Gasteiger partial charge in [-0.1, -0.05) is 6.07 Å². The van der Waals surface area contributed by atoms with E-state index in [1.807, 2.05) is 25.4 Å². The fraction of sp³-hybridized carbons (Fsp3) is 0.286. The van der Waals surface area contributed by atoms with Gasteiger partial charge in [0.05, 0.1) is 12.6 Å². The van der Waals surface area contributed by atoms with Gasteiger partial charge in [-0.3, -0.25) is 9.89 Å². The number of rotatable bonds is 4. The van der Waals surface area contributed by atoms with Crippen LogP contribution in [0.2, 0.25) is 0 Å². The van der Waals surface area contributed by atoms with E-state index in [2.05, 4.69) is 26.9 Å². The maximum Gasteiger partial charge on any atom is 0.228 e. The van der Waals surface area contributed by atoms with E-state index in [1.165, 1.54) is 0 Å². The normalized spacial score (nSPS) is 13.4. The zero-order valence-corrected chi connectivity index (χ0v) is 10.8. The quantitative estimate of drug-likeness (QED) is 0.773. The third kappa shape index (κ3) is 2.24. The molecule has 1 aliphatic rings. The van der Waals surface area contributed by atoms with Crippen molar-refractivity contribution in [1.82, 2.24) is 15.5 Å². The molecule has 5 nitrogen and oxygen atoms in total. The lowest BCUT2D eigenvalue weighted by Gasteiger charge is -2.05. The molecule has 1 aromatic carbocycles. The molecule has 98 valence electrons. The number of carbonyl (C=O) groups excluding carboxylic acids is 1. The van der Waals surface area contributed by atoms with Crippen LogP contribution in [0.15, 0.2) is 24.4 Å². The third-order valence-corrected chi connectivity index (χ3v) is 3.38. The van der Waals surface area contributed by atoms with Crippen LogP contribution < -0.4 is 10.6 Å². The van der Waals surface area contributed by atoms with Gasteiger partial charge in [-0.05, 0) is 30.3 Å². The van der Waals surface area contributed by atoms with Gasteiger partial charge in [-0.25, -0.2) is 0 Å². The van der Waals surface area contributed by atoms with Gasteiger partial charge in [-0.2, -0.15) is 5.10 Å². The average Bonchev–Trinajstić information content (AvgIpc) is 2.99. The van der Waals surface area contributed by atoms with E-state index in [0.29, 0.717) is 6.42 Å². The van der Waals surface area contributed by atoms with Crippen LogP contribution in [0, 0.1) is 0 Å². The summed E-state index contributed by atoms with van der Waals surface area (Å²) in [7, 11) is 1.93. The first-order chi connectivity index (χ1) is 9.28. The lowest BCUT2D eigenvalue weighted by molar-refractivity contribution is -0.115. The minimum atomic E-state index is 0.0646. The number of likely N-dealkylation sites (N-methyl/N-ethyl adjacent to an activating group) is 1. The smallest absolute Gasteiger partial charge is 0.228 e. The van der Waals surface area contributed by atoms with Crippen molar-refractivity contribution in [3.05, 3.63) is 35.7 Å². The van der Waals surface area contributed by atoms with Crippen LogP contribution >= 0.6 is 0 Å². The van der Waals surface area contributed by atoms with Crippen molar-refractivity contribution < 1.29 is 4.79 Å². The highest BCUT2D eigenvalue weighted by Gasteiger charge is 2.18. The summed E-state index contributed by atoms with van der Waals surface area (Å²) in [6.45, 7) is 0.903. The summed E-state index contributed by atoms with van der Waals surface area (Å²) < 4.78 is 0. The summed E-state index contributed by atoms with van der Waals surface area (Å²) in [6.07, 6.45) is 3.21. The minimum absolute atomic E-state index is 0.0646. The standard InChI is InChI=1S/C14H16N4O/c1-15-5-4-13-11(8-16-18-13)9-2-3-12-10(6-9)7-14(19)17-12/h2-3,6,8,15H,4-5,7H2,1H3,(H,16,18)(H,17,19). The molecule has 0 unspecified atom stereocenters. The number of carbonyl (C=O) groups is 1. The minimum Gasteiger partial charge on any atom is -0.326 e. The summed E-state index contributed by atoms with van der Waals surface area (Å²) in [5, 5.41) is 13.1. The molecular weight excluding hydrogens is 240 g/mol. The number of aromatic amines is 1. The van der Waals surface area contributed by atoms with Crippen LogP contribution in [0.1, 0.15) is 11.3 Å². The molecule has 0 bridgehead atoms. The molecule has 0 saturated heterocycles. The number of fused-ring (bicyclic) bond motifs is 1. The van der Waals surface area contributed by atoms with E-state index < -0.39 is 0 Å². The second-order valence-electron chi connectivity index (χ2n) is 4.71. The van der Waals surface area contributed by atoms with E-state index in [4.69, 9.17) is 0 Å².